The fourth-order valence-corrected chi connectivity index (χ4v) is 3.87. The molecule has 0 bridgehead atoms. The average molecular weight is 487 g/mol. The topological polar surface area (TPSA) is 94.7 Å². The number of benzene rings is 3. The molecule has 0 saturated heterocycles. The van der Waals surface area contributed by atoms with E-state index in [4.69, 9.17) is 15.2 Å². The highest BCUT2D eigenvalue weighted by atomic mass is 19.1. The number of ether oxygens (including phenoxy) is 2. The molecule has 0 amide bonds. The first-order valence-corrected chi connectivity index (χ1v) is 11.5. The Hall–Kier alpha value is -4.23. The van der Waals surface area contributed by atoms with E-state index < -0.39 is 12.0 Å². The summed E-state index contributed by atoms with van der Waals surface area (Å²) in [5.74, 6) is -0.299. The Kier molecular flexibility index (Phi) is 7.92. The van der Waals surface area contributed by atoms with Gasteiger partial charge in [-0.1, -0.05) is 42.5 Å². The molecule has 1 heterocycles. The van der Waals surface area contributed by atoms with Gasteiger partial charge in [0.05, 0.1) is 6.42 Å². The maximum absolute atomic E-state index is 15.3. The van der Waals surface area contributed by atoms with Crippen molar-refractivity contribution in [3.05, 3.63) is 113 Å². The Morgan fingerprint density at radius 1 is 1.00 bits per heavy atom. The first-order valence-electron chi connectivity index (χ1n) is 11.5. The van der Waals surface area contributed by atoms with Gasteiger partial charge < -0.3 is 20.3 Å². The Morgan fingerprint density at radius 3 is 2.56 bits per heavy atom. The predicted molar refractivity (Wildman–Crippen MR) is 135 cm³/mol. The third-order valence-electron chi connectivity index (χ3n) is 5.63. The number of carbonyl (C=O) groups is 1. The number of nitrogens with zero attached hydrogens (tertiary/aromatic N) is 1. The maximum Gasteiger partial charge on any atom is 0.307 e. The highest BCUT2D eigenvalue weighted by Crippen LogP contribution is 2.32. The maximum atomic E-state index is 15.3. The summed E-state index contributed by atoms with van der Waals surface area (Å²) < 4.78 is 27.3. The molecule has 1 atom stereocenters. The predicted octanol–water partition coefficient (Wildman–Crippen LogP) is 5.69. The van der Waals surface area contributed by atoms with Crippen molar-refractivity contribution in [1.82, 2.24) is 4.98 Å². The molecule has 4 aromatic rings. The van der Waals surface area contributed by atoms with Crippen LogP contribution in [0.15, 0.2) is 85.2 Å². The van der Waals surface area contributed by atoms with Gasteiger partial charge >= 0.3 is 5.97 Å². The lowest BCUT2D eigenvalue weighted by molar-refractivity contribution is -0.136. The Morgan fingerprint density at radius 2 is 1.81 bits per heavy atom. The minimum atomic E-state index is -0.941. The fraction of sp³-hybridized carbons (Fsp3) is 0.172. The molecule has 36 heavy (non-hydrogen) atoms. The smallest absolute Gasteiger partial charge is 0.307 e. The number of para-hydroxylation sites is 1. The zero-order chi connectivity index (χ0) is 25.5. The van der Waals surface area contributed by atoms with Gasteiger partial charge in [0.25, 0.3) is 0 Å². The summed E-state index contributed by atoms with van der Waals surface area (Å²) >= 11 is 0. The number of pyridine rings is 1. The van der Waals surface area contributed by atoms with Gasteiger partial charge in [-0.3, -0.25) is 9.78 Å². The van der Waals surface area contributed by atoms with E-state index in [1.54, 1.807) is 67.8 Å². The monoisotopic (exact) mass is 486 g/mol. The molecule has 0 fully saturated rings. The van der Waals surface area contributed by atoms with Crippen molar-refractivity contribution in [3.63, 3.8) is 0 Å². The SMILES string of the molecule is C[C@@H](N)c1cccc(-c2cc(COc3ccccc3CC(=O)O)cc(OCc3cccnc3)c2)c1F. The van der Waals surface area contributed by atoms with E-state index in [9.17, 15) is 9.90 Å². The van der Waals surface area contributed by atoms with E-state index in [0.717, 1.165) is 11.1 Å². The molecule has 0 spiro atoms. The van der Waals surface area contributed by atoms with Crippen LogP contribution in [0.3, 0.4) is 0 Å². The van der Waals surface area contributed by atoms with Crippen LogP contribution in [-0.2, 0) is 24.4 Å². The summed E-state index contributed by atoms with van der Waals surface area (Å²) in [5.41, 5.74) is 9.63. The van der Waals surface area contributed by atoms with Crippen molar-refractivity contribution in [1.29, 1.82) is 0 Å². The highest BCUT2D eigenvalue weighted by Gasteiger charge is 2.15. The van der Waals surface area contributed by atoms with Crippen LogP contribution in [0.5, 0.6) is 11.5 Å². The largest absolute Gasteiger partial charge is 0.489 e. The first kappa shape index (κ1) is 24.9. The number of aliphatic carboxylic acids is 1. The van der Waals surface area contributed by atoms with E-state index in [1.807, 2.05) is 24.3 Å². The minimum absolute atomic E-state index is 0.141. The van der Waals surface area contributed by atoms with Crippen molar-refractivity contribution < 1.29 is 23.8 Å². The first-order chi connectivity index (χ1) is 17.4. The number of halogens is 1. The lowest BCUT2D eigenvalue weighted by Gasteiger charge is -2.16. The molecule has 3 aromatic carbocycles. The molecule has 184 valence electrons. The van der Waals surface area contributed by atoms with Crippen LogP contribution in [0.1, 0.15) is 35.2 Å². The number of hydrogen-bond acceptors (Lipinski definition) is 5. The van der Waals surface area contributed by atoms with Crippen LogP contribution in [0, 0.1) is 5.82 Å². The number of rotatable bonds is 10. The lowest BCUT2D eigenvalue weighted by Crippen LogP contribution is -2.08. The summed E-state index contributed by atoms with van der Waals surface area (Å²) in [5, 5.41) is 9.19. The van der Waals surface area contributed by atoms with Gasteiger partial charge in [-0.05, 0) is 48.4 Å². The van der Waals surface area contributed by atoms with Crippen molar-refractivity contribution in [3.8, 4) is 22.6 Å². The second-order valence-corrected chi connectivity index (χ2v) is 8.48. The van der Waals surface area contributed by atoms with Crippen LogP contribution in [0.4, 0.5) is 4.39 Å². The molecule has 0 aliphatic carbocycles. The summed E-state index contributed by atoms with van der Waals surface area (Å²) in [6.45, 7) is 2.17. The standard InChI is InChI=1S/C29H27FN2O4/c1-19(31)25-8-4-9-26(29(25)30)23-12-21(13-24(14-23)35-17-20-6-5-11-32-16-20)18-36-27-10-3-2-7-22(27)15-28(33)34/h2-14,16,19H,15,17-18,31H2,1H3,(H,33,34)/t19-/m1/s1. The molecule has 0 aliphatic rings. The van der Waals surface area contributed by atoms with Crippen molar-refractivity contribution >= 4 is 5.97 Å². The van der Waals surface area contributed by atoms with Gasteiger partial charge in [0.15, 0.2) is 0 Å². The molecule has 0 radical (unpaired) electrons. The van der Waals surface area contributed by atoms with Crippen LogP contribution < -0.4 is 15.2 Å². The Labute approximate surface area is 209 Å². The molecule has 4 rings (SSSR count). The molecule has 7 heteroatoms. The molecule has 6 nitrogen and oxygen atoms in total. The number of aromatic nitrogens is 1. The van der Waals surface area contributed by atoms with Gasteiger partial charge in [-0.25, -0.2) is 4.39 Å². The highest BCUT2D eigenvalue weighted by molar-refractivity contribution is 5.71. The van der Waals surface area contributed by atoms with Crippen LogP contribution in [0.25, 0.3) is 11.1 Å². The second kappa shape index (κ2) is 11.5. The quantitative estimate of drug-likeness (QED) is 0.299. The molecular formula is C29H27FN2O4. The van der Waals surface area contributed by atoms with E-state index in [-0.39, 0.29) is 18.8 Å². The van der Waals surface area contributed by atoms with Crippen molar-refractivity contribution in [2.45, 2.75) is 32.6 Å². The Bertz CT molecular complexity index is 1340. The van der Waals surface area contributed by atoms with Gasteiger partial charge in [-0.2, -0.15) is 0 Å². The second-order valence-electron chi connectivity index (χ2n) is 8.48. The molecular weight excluding hydrogens is 459 g/mol. The van der Waals surface area contributed by atoms with E-state index >= 15 is 4.39 Å². The number of carboxylic acids is 1. The molecule has 3 N–H and O–H groups in total. The van der Waals surface area contributed by atoms with Gasteiger partial charge in [0.2, 0.25) is 0 Å². The summed E-state index contributed by atoms with van der Waals surface area (Å²) in [6, 6.07) is 20.9. The molecule has 0 saturated carbocycles. The lowest BCUT2D eigenvalue weighted by atomic mass is 9.97. The third kappa shape index (κ3) is 6.25. The summed E-state index contributed by atoms with van der Waals surface area (Å²) in [6.07, 6.45) is 3.26. The molecule has 0 unspecified atom stereocenters. The minimum Gasteiger partial charge on any atom is -0.489 e. The van der Waals surface area contributed by atoms with E-state index in [1.165, 1.54) is 0 Å². The van der Waals surface area contributed by atoms with Crippen molar-refractivity contribution in [2.24, 2.45) is 5.73 Å². The third-order valence-corrected chi connectivity index (χ3v) is 5.63. The van der Waals surface area contributed by atoms with Gasteiger partial charge in [0.1, 0.15) is 30.5 Å². The normalized spacial score (nSPS) is 11.6. The Balaban J connectivity index is 1.66. The zero-order valence-electron chi connectivity index (χ0n) is 19.9. The van der Waals surface area contributed by atoms with Crippen LogP contribution in [-0.4, -0.2) is 16.1 Å². The fourth-order valence-electron chi connectivity index (χ4n) is 3.87. The van der Waals surface area contributed by atoms with Crippen LogP contribution >= 0.6 is 0 Å². The number of nitrogens with two attached hydrogens (primary N) is 1. The van der Waals surface area contributed by atoms with Crippen molar-refractivity contribution in [2.75, 3.05) is 0 Å². The number of carboxylic acid groups (broad SMARTS) is 1. The van der Waals surface area contributed by atoms with Gasteiger partial charge in [-0.15, -0.1) is 0 Å². The zero-order valence-corrected chi connectivity index (χ0v) is 19.9. The summed E-state index contributed by atoms with van der Waals surface area (Å²) in [4.78, 5) is 15.3. The van der Waals surface area contributed by atoms with E-state index in [2.05, 4.69) is 4.98 Å². The average Bonchev–Trinajstić information content (AvgIpc) is 2.87. The molecule has 0 aliphatic heterocycles. The molecule has 1 aromatic heterocycles. The van der Waals surface area contributed by atoms with Gasteiger partial charge in [0, 0.05) is 40.7 Å². The summed E-state index contributed by atoms with van der Waals surface area (Å²) in [7, 11) is 0. The van der Waals surface area contributed by atoms with Crippen LogP contribution in [0.2, 0.25) is 0 Å². The number of hydrogen-bond donors (Lipinski definition) is 2. The van der Waals surface area contributed by atoms with E-state index in [0.29, 0.717) is 40.4 Å².